The summed E-state index contributed by atoms with van der Waals surface area (Å²) >= 11 is 5.79. The second-order valence-corrected chi connectivity index (χ2v) is 6.75. The Bertz CT molecular complexity index is 1050. The summed E-state index contributed by atoms with van der Waals surface area (Å²) in [5.74, 6) is 0.141. The molecule has 0 unspecified atom stereocenters. The number of carbonyl (C=O) groups is 2. The normalized spacial score (nSPS) is 10.6. The van der Waals surface area contributed by atoms with Crippen molar-refractivity contribution in [3.8, 4) is 11.5 Å². The van der Waals surface area contributed by atoms with Crippen molar-refractivity contribution in [3.05, 3.63) is 94.5 Å². The average Bonchev–Trinajstić information content (AvgIpc) is 2.75. The van der Waals surface area contributed by atoms with Crippen LogP contribution in [-0.4, -0.2) is 24.7 Å². The van der Waals surface area contributed by atoms with Gasteiger partial charge in [-0.05, 0) is 72.6 Å². The second-order valence-electron chi connectivity index (χ2n) is 6.31. The summed E-state index contributed by atoms with van der Waals surface area (Å²) < 4.78 is 10.7. The van der Waals surface area contributed by atoms with Crippen LogP contribution in [0.3, 0.4) is 0 Å². The molecule has 3 rings (SSSR count). The Morgan fingerprint density at radius 3 is 2.33 bits per heavy atom. The molecule has 0 saturated heterocycles. The number of aryl methyl sites for hydroxylation is 1. The molecule has 0 aliphatic heterocycles. The summed E-state index contributed by atoms with van der Waals surface area (Å²) in [6.45, 7) is 1.68. The van der Waals surface area contributed by atoms with Gasteiger partial charge in [0.05, 0.1) is 11.8 Å². The zero-order valence-electron chi connectivity index (χ0n) is 16.2. The predicted molar refractivity (Wildman–Crippen MR) is 115 cm³/mol. The van der Waals surface area contributed by atoms with Crippen LogP contribution in [0.15, 0.2) is 77.9 Å². The molecular formula is C23H19ClN2O4. The number of hydrazone groups is 1. The summed E-state index contributed by atoms with van der Waals surface area (Å²) in [5.41, 5.74) is 4.48. The molecule has 0 aliphatic rings. The number of esters is 1. The first-order valence-electron chi connectivity index (χ1n) is 9.09. The van der Waals surface area contributed by atoms with Gasteiger partial charge in [-0.25, -0.2) is 10.2 Å². The van der Waals surface area contributed by atoms with Gasteiger partial charge >= 0.3 is 5.97 Å². The van der Waals surface area contributed by atoms with Crippen molar-refractivity contribution in [3.63, 3.8) is 0 Å². The molecule has 0 fully saturated rings. The molecule has 0 atom stereocenters. The lowest BCUT2D eigenvalue weighted by Crippen LogP contribution is -2.24. The molecule has 1 amide bonds. The summed E-state index contributed by atoms with van der Waals surface area (Å²) in [6.07, 6.45) is 1.48. The van der Waals surface area contributed by atoms with Gasteiger partial charge in [-0.2, -0.15) is 5.10 Å². The molecule has 7 heteroatoms. The largest absolute Gasteiger partial charge is 0.484 e. The predicted octanol–water partition coefficient (Wildman–Crippen LogP) is 4.40. The maximum absolute atomic E-state index is 12.2. The van der Waals surface area contributed by atoms with Crippen molar-refractivity contribution in [1.82, 2.24) is 5.43 Å². The zero-order chi connectivity index (χ0) is 21.3. The fourth-order valence-electron chi connectivity index (χ4n) is 2.48. The van der Waals surface area contributed by atoms with Gasteiger partial charge in [0.2, 0.25) is 0 Å². The average molecular weight is 423 g/mol. The fraction of sp³-hybridized carbons (Fsp3) is 0.0870. The minimum Gasteiger partial charge on any atom is -0.484 e. The molecule has 0 saturated carbocycles. The number of nitrogens with zero attached hydrogens (tertiary/aromatic N) is 1. The number of ether oxygens (including phenoxy) is 2. The van der Waals surface area contributed by atoms with E-state index in [4.69, 9.17) is 21.1 Å². The summed E-state index contributed by atoms with van der Waals surface area (Å²) in [6, 6.07) is 20.7. The van der Waals surface area contributed by atoms with Gasteiger partial charge in [0.15, 0.2) is 6.61 Å². The van der Waals surface area contributed by atoms with E-state index in [0.717, 1.165) is 11.1 Å². The van der Waals surface area contributed by atoms with Crippen LogP contribution in [0.2, 0.25) is 5.02 Å². The van der Waals surface area contributed by atoms with Crippen molar-refractivity contribution >= 4 is 29.7 Å². The van der Waals surface area contributed by atoms with E-state index < -0.39 is 11.9 Å². The standard InChI is InChI=1S/C23H19ClN2O4/c1-16-4-2-3-5-21(16)23(28)30-20-10-6-17(7-11-20)14-25-26-22(27)15-29-19-12-8-18(24)9-13-19/h2-14H,15H2,1H3,(H,26,27)/b25-14-. The highest BCUT2D eigenvalue weighted by atomic mass is 35.5. The van der Waals surface area contributed by atoms with E-state index in [1.165, 1.54) is 6.21 Å². The number of benzene rings is 3. The first-order valence-corrected chi connectivity index (χ1v) is 9.47. The molecule has 6 nitrogen and oxygen atoms in total. The van der Waals surface area contributed by atoms with Crippen molar-refractivity contribution in [2.24, 2.45) is 5.10 Å². The SMILES string of the molecule is Cc1ccccc1C(=O)Oc1ccc(/C=N\NC(=O)COc2ccc(Cl)cc2)cc1. The van der Waals surface area contributed by atoms with Gasteiger partial charge in [-0.3, -0.25) is 4.79 Å². The van der Waals surface area contributed by atoms with Crippen molar-refractivity contribution in [1.29, 1.82) is 0 Å². The van der Waals surface area contributed by atoms with Crippen molar-refractivity contribution < 1.29 is 19.1 Å². The highest BCUT2D eigenvalue weighted by molar-refractivity contribution is 6.30. The highest BCUT2D eigenvalue weighted by Gasteiger charge is 2.10. The Hall–Kier alpha value is -3.64. The molecule has 0 aliphatic carbocycles. The molecule has 0 aromatic heterocycles. The number of hydrogen-bond donors (Lipinski definition) is 1. The molecular weight excluding hydrogens is 404 g/mol. The van der Waals surface area contributed by atoms with E-state index >= 15 is 0 Å². The molecule has 0 heterocycles. The third kappa shape index (κ3) is 6.18. The third-order valence-electron chi connectivity index (χ3n) is 4.04. The van der Waals surface area contributed by atoms with Gasteiger partial charge in [0.1, 0.15) is 11.5 Å². The molecule has 3 aromatic rings. The minimum atomic E-state index is -0.414. The Morgan fingerprint density at radius 1 is 0.967 bits per heavy atom. The topological polar surface area (TPSA) is 77.0 Å². The lowest BCUT2D eigenvalue weighted by molar-refractivity contribution is -0.123. The van der Waals surface area contributed by atoms with E-state index in [1.807, 2.05) is 19.1 Å². The van der Waals surface area contributed by atoms with Crippen LogP contribution in [-0.2, 0) is 4.79 Å². The quantitative estimate of drug-likeness (QED) is 0.265. The van der Waals surface area contributed by atoms with Crippen LogP contribution in [0.5, 0.6) is 11.5 Å². The van der Waals surface area contributed by atoms with E-state index in [-0.39, 0.29) is 6.61 Å². The second kappa shape index (κ2) is 10.2. The highest BCUT2D eigenvalue weighted by Crippen LogP contribution is 2.16. The Labute approximate surface area is 179 Å². The molecule has 152 valence electrons. The van der Waals surface area contributed by atoms with Crippen LogP contribution in [0.1, 0.15) is 21.5 Å². The van der Waals surface area contributed by atoms with Gasteiger partial charge in [0.25, 0.3) is 5.91 Å². The summed E-state index contributed by atoms with van der Waals surface area (Å²) in [5, 5.41) is 4.47. The Balaban J connectivity index is 1.47. The lowest BCUT2D eigenvalue weighted by Gasteiger charge is -2.06. The molecule has 3 aromatic carbocycles. The molecule has 0 radical (unpaired) electrons. The first-order chi connectivity index (χ1) is 14.5. The van der Waals surface area contributed by atoms with Gasteiger partial charge < -0.3 is 9.47 Å². The van der Waals surface area contributed by atoms with Gasteiger partial charge in [-0.15, -0.1) is 0 Å². The molecule has 1 N–H and O–H groups in total. The van der Waals surface area contributed by atoms with E-state index in [9.17, 15) is 9.59 Å². The lowest BCUT2D eigenvalue weighted by atomic mass is 10.1. The maximum Gasteiger partial charge on any atom is 0.343 e. The van der Waals surface area contributed by atoms with Crippen LogP contribution < -0.4 is 14.9 Å². The number of amides is 1. The first kappa shape index (κ1) is 21.1. The van der Waals surface area contributed by atoms with E-state index in [1.54, 1.807) is 60.7 Å². The number of carbonyl (C=O) groups excluding carboxylic acids is 2. The van der Waals surface area contributed by atoms with Crippen LogP contribution in [0.4, 0.5) is 0 Å². The number of rotatable bonds is 7. The van der Waals surface area contributed by atoms with E-state index in [2.05, 4.69) is 10.5 Å². The summed E-state index contributed by atoms with van der Waals surface area (Å²) in [4.78, 5) is 24.0. The minimum absolute atomic E-state index is 0.174. The monoisotopic (exact) mass is 422 g/mol. The van der Waals surface area contributed by atoms with E-state index in [0.29, 0.717) is 22.1 Å². The van der Waals surface area contributed by atoms with Gasteiger partial charge in [0, 0.05) is 5.02 Å². The number of nitrogens with one attached hydrogen (secondary N) is 1. The van der Waals surface area contributed by atoms with Crippen LogP contribution >= 0.6 is 11.6 Å². The smallest absolute Gasteiger partial charge is 0.343 e. The Morgan fingerprint density at radius 2 is 1.63 bits per heavy atom. The Kier molecular flexibility index (Phi) is 7.19. The number of hydrogen-bond acceptors (Lipinski definition) is 5. The van der Waals surface area contributed by atoms with Crippen LogP contribution in [0, 0.1) is 6.92 Å². The van der Waals surface area contributed by atoms with Crippen molar-refractivity contribution in [2.45, 2.75) is 6.92 Å². The zero-order valence-corrected chi connectivity index (χ0v) is 16.9. The van der Waals surface area contributed by atoms with Gasteiger partial charge in [-0.1, -0.05) is 29.8 Å². The number of halogens is 1. The van der Waals surface area contributed by atoms with Crippen molar-refractivity contribution in [2.75, 3.05) is 6.61 Å². The third-order valence-corrected chi connectivity index (χ3v) is 4.29. The maximum atomic E-state index is 12.2. The summed E-state index contributed by atoms with van der Waals surface area (Å²) in [7, 11) is 0. The molecule has 30 heavy (non-hydrogen) atoms. The fourth-order valence-corrected chi connectivity index (χ4v) is 2.60. The molecule has 0 spiro atoms. The molecule has 0 bridgehead atoms. The van der Waals surface area contributed by atoms with Crippen LogP contribution in [0.25, 0.3) is 0 Å².